The molecule has 4 heteroatoms. The monoisotopic (exact) mass is 320 g/mol. The highest BCUT2D eigenvalue weighted by Crippen LogP contribution is 2.30. The van der Waals surface area contributed by atoms with Gasteiger partial charge in [-0.3, -0.25) is 0 Å². The summed E-state index contributed by atoms with van der Waals surface area (Å²) in [5.74, 6) is 1.59. The molecule has 0 unspecified atom stereocenters. The van der Waals surface area contributed by atoms with Gasteiger partial charge in [0, 0.05) is 18.0 Å². The summed E-state index contributed by atoms with van der Waals surface area (Å²) in [5.41, 5.74) is 2.56. The molecule has 0 N–H and O–H groups in total. The summed E-state index contributed by atoms with van der Waals surface area (Å²) in [4.78, 5) is 0. The molecule has 24 heavy (non-hydrogen) atoms. The maximum atomic E-state index is 9.64. The first-order chi connectivity index (χ1) is 11.8. The second-order valence-electron chi connectivity index (χ2n) is 5.48. The first-order valence-corrected chi connectivity index (χ1v) is 8.03. The van der Waals surface area contributed by atoms with Gasteiger partial charge in [0.05, 0.1) is 23.9 Å². The van der Waals surface area contributed by atoms with Crippen LogP contribution >= 0.6 is 0 Å². The molecular formula is C20H20N2O2. The maximum absolute atomic E-state index is 9.64. The van der Waals surface area contributed by atoms with Crippen molar-refractivity contribution >= 4 is 10.9 Å². The molecule has 1 aromatic carbocycles. The van der Waals surface area contributed by atoms with E-state index in [0.29, 0.717) is 12.2 Å². The van der Waals surface area contributed by atoms with E-state index in [4.69, 9.17) is 9.47 Å². The second kappa shape index (κ2) is 7.10. The number of fused-ring (bicyclic) bond motifs is 1. The van der Waals surface area contributed by atoms with Crippen LogP contribution in [0.2, 0.25) is 0 Å². The largest absolute Gasteiger partial charge is 0.497 e. The third kappa shape index (κ3) is 2.93. The number of methoxy groups -OCH3 is 1. The normalized spacial score (nSPS) is 13.5. The first kappa shape index (κ1) is 15.9. The Balaban J connectivity index is 2.01. The first-order valence-electron chi connectivity index (χ1n) is 8.03. The Hall–Kier alpha value is -2.93. The number of aromatic nitrogens is 1. The van der Waals surface area contributed by atoms with Crippen LogP contribution in [0.25, 0.3) is 10.9 Å². The Morgan fingerprint density at radius 1 is 1.29 bits per heavy atom. The lowest BCUT2D eigenvalue weighted by atomic mass is 10.1. The number of rotatable bonds is 5. The number of aryl methyl sites for hydroxylation is 1. The highest BCUT2D eigenvalue weighted by atomic mass is 16.5. The predicted octanol–water partition coefficient (Wildman–Crippen LogP) is 4.46. The van der Waals surface area contributed by atoms with Crippen molar-refractivity contribution in [3.05, 3.63) is 65.6 Å². The second-order valence-corrected chi connectivity index (χ2v) is 5.48. The molecule has 0 fully saturated rings. The topological polar surface area (TPSA) is 47.2 Å². The molecule has 1 aliphatic carbocycles. The van der Waals surface area contributed by atoms with Crippen molar-refractivity contribution in [3.8, 4) is 11.8 Å². The molecule has 1 aromatic heterocycles. The summed E-state index contributed by atoms with van der Waals surface area (Å²) in [6.45, 7) is 3.19. The summed E-state index contributed by atoms with van der Waals surface area (Å²) in [7, 11) is 1.65. The van der Waals surface area contributed by atoms with E-state index in [1.54, 1.807) is 7.11 Å². The predicted molar refractivity (Wildman–Crippen MR) is 94.6 cm³/mol. The van der Waals surface area contributed by atoms with E-state index in [0.717, 1.165) is 41.1 Å². The smallest absolute Gasteiger partial charge is 0.130 e. The number of hydrogen-bond donors (Lipinski definition) is 0. The van der Waals surface area contributed by atoms with E-state index in [1.807, 2.05) is 36.4 Å². The van der Waals surface area contributed by atoms with Crippen LogP contribution < -0.4 is 4.74 Å². The van der Waals surface area contributed by atoms with Gasteiger partial charge in [0.15, 0.2) is 0 Å². The van der Waals surface area contributed by atoms with Gasteiger partial charge in [-0.2, -0.15) is 5.26 Å². The van der Waals surface area contributed by atoms with Crippen molar-refractivity contribution in [2.75, 3.05) is 7.11 Å². The molecule has 0 spiro atoms. The maximum Gasteiger partial charge on any atom is 0.130 e. The highest BCUT2D eigenvalue weighted by Gasteiger charge is 2.17. The number of hydrogen-bond acceptors (Lipinski definition) is 3. The lowest BCUT2D eigenvalue weighted by molar-refractivity contribution is 0.204. The van der Waals surface area contributed by atoms with Crippen LogP contribution in [0, 0.1) is 11.3 Å². The Morgan fingerprint density at radius 2 is 2.17 bits per heavy atom. The summed E-state index contributed by atoms with van der Waals surface area (Å²) < 4.78 is 13.4. The Morgan fingerprint density at radius 3 is 2.92 bits per heavy atom. The Bertz CT molecular complexity index is 879. The fourth-order valence-electron chi connectivity index (χ4n) is 2.95. The minimum absolute atomic E-state index is 0.359. The molecule has 1 aliphatic rings. The number of nitriles is 1. The zero-order valence-electron chi connectivity index (χ0n) is 14.0. The van der Waals surface area contributed by atoms with E-state index in [2.05, 4.69) is 29.7 Å². The van der Waals surface area contributed by atoms with Crippen LogP contribution in [0.1, 0.15) is 24.6 Å². The molecule has 0 saturated carbocycles. The molecule has 4 nitrogen and oxygen atoms in total. The van der Waals surface area contributed by atoms with Gasteiger partial charge in [-0.15, -0.1) is 0 Å². The Kier molecular flexibility index (Phi) is 4.72. The van der Waals surface area contributed by atoms with Crippen molar-refractivity contribution in [1.29, 1.82) is 5.26 Å². The van der Waals surface area contributed by atoms with E-state index < -0.39 is 0 Å². The molecular weight excluding hydrogens is 300 g/mol. The number of ether oxygens (including phenoxy) is 2. The number of nitrogens with zero attached hydrogens (tertiary/aromatic N) is 2. The quantitative estimate of drug-likeness (QED) is 0.817. The standard InChI is InChI=1S/C20H20N2O2/c1-3-22-19-12-16(23-2)10-11-17(19)18(13-21)20(22)14-24-15-8-6-4-5-7-9-15/h4,6-12H,3,5,14H2,1-2H3. The van der Waals surface area contributed by atoms with E-state index in [9.17, 15) is 5.26 Å². The zero-order valence-corrected chi connectivity index (χ0v) is 14.0. The van der Waals surface area contributed by atoms with E-state index in [1.165, 1.54) is 0 Å². The molecule has 0 saturated heterocycles. The molecule has 122 valence electrons. The molecule has 0 bridgehead atoms. The van der Waals surface area contributed by atoms with Crippen molar-refractivity contribution in [2.45, 2.75) is 26.5 Å². The van der Waals surface area contributed by atoms with Gasteiger partial charge in [0.25, 0.3) is 0 Å². The summed E-state index contributed by atoms with van der Waals surface area (Å²) in [6, 6.07) is 8.13. The van der Waals surface area contributed by atoms with Gasteiger partial charge in [-0.1, -0.05) is 18.2 Å². The third-order valence-electron chi connectivity index (χ3n) is 4.13. The van der Waals surface area contributed by atoms with Crippen molar-refractivity contribution < 1.29 is 9.47 Å². The van der Waals surface area contributed by atoms with Crippen LogP contribution in [0.3, 0.4) is 0 Å². The molecule has 3 rings (SSSR count). The van der Waals surface area contributed by atoms with Gasteiger partial charge >= 0.3 is 0 Å². The highest BCUT2D eigenvalue weighted by molar-refractivity contribution is 5.89. The fraction of sp³-hybridized carbons (Fsp3) is 0.250. The molecule has 0 amide bonds. The van der Waals surface area contributed by atoms with Gasteiger partial charge in [0.1, 0.15) is 24.2 Å². The minimum Gasteiger partial charge on any atom is -0.497 e. The molecule has 1 heterocycles. The molecule has 0 aliphatic heterocycles. The third-order valence-corrected chi connectivity index (χ3v) is 4.13. The van der Waals surface area contributed by atoms with E-state index >= 15 is 0 Å². The van der Waals surface area contributed by atoms with Crippen molar-refractivity contribution in [1.82, 2.24) is 4.57 Å². The lowest BCUT2D eigenvalue weighted by Gasteiger charge is -2.11. The van der Waals surface area contributed by atoms with Gasteiger partial charge in [-0.25, -0.2) is 0 Å². The van der Waals surface area contributed by atoms with Gasteiger partial charge in [0.2, 0.25) is 0 Å². The SMILES string of the molecule is CCn1c(COC2=CC=CCC=C2)c(C#N)c2ccc(OC)cc21. The van der Waals surface area contributed by atoms with Crippen LogP contribution in [-0.2, 0) is 17.9 Å². The van der Waals surface area contributed by atoms with Crippen molar-refractivity contribution in [2.24, 2.45) is 0 Å². The van der Waals surface area contributed by atoms with Crippen LogP contribution in [0.4, 0.5) is 0 Å². The lowest BCUT2D eigenvalue weighted by Crippen LogP contribution is -2.04. The molecule has 2 aromatic rings. The van der Waals surface area contributed by atoms with E-state index in [-0.39, 0.29) is 0 Å². The average Bonchev–Trinajstić information content (AvgIpc) is 2.76. The number of allylic oxidation sites excluding steroid dienone is 5. The summed E-state index contributed by atoms with van der Waals surface area (Å²) in [5, 5.41) is 10.6. The zero-order chi connectivity index (χ0) is 16.9. The molecule has 0 radical (unpaired) electrons. The van der Waals surface area contributed by atoms with Crippen LogP contribution in [0.5, 0.6) is 5.75 Å². The van der Waals surface area contributed by atoms with Crippen LogP contribution in [-0.4, -0.2) is 11.7 Å². The Labute approximate surface area is 141 Å². The fourth-order valence-corrected chi connectivity index (χ4v) is 2.95. The summed E-state index contributed by atoms with van der Waals surface area (Å²) in [6.07, 6.45) is 10.9. The van der Waals surface area contributed by atoms with Gasteiger partial charge in [-0.05, 0) is 37.6 Å². The van der Waals surface area contributed by atoms with Crippen LogP contribution in [0.15, 0.2) is 54.3 Å². The average molecular weight is 320 g/mol. The van der Waals surface area contributed by atoms with Gasteiger partial charge < -0.3 is 14.0 Å². The van der Waals surface area contributed by atoms with Crippen molar-refractivity contribution in [3.63, 3.8) is 0 Å². The summed E-state index contributed by atoms with van der Waals surface area (Å²) >= 11 is 0. The molecule has 0 atom stereocenters. The number of benzene rings is 1. The minimum atomic E-state index is 0.359.